The summed E-state index contributed by atoms with van der Waals surface area (Å²) >= 11 is 0. The van der Waals surface area contributed by atoms with Crippen LogP contribution in [-0.4, -0.2) is 54.1 Å². The van der Waals surface area contributed by atoms with Gasteiger partial charge < -0.3 is 15.5 Å². The van der Waals surface area contributed by atoms with Crippen molar-refractivity contribution in [3.63, 3.8) is 0 Å². The van der Waals surface area contributed by atoms with Crippen molar-refractivity contribution in [1.82, 2.24) is 25.7 Å². The van der Waals surface area contributed by atoms with Crippen molar-refractivity contribution in [1.29, 1.82) is 0 Å². The Hall–Kier alpha value is -2.83. The van der Waals surface area contributed by atoms with Gasteiger partial charge in [0.25, 0.3) is 5.91 Å². The summed E-state index contributed by atoms with van der Waals surface area (Å²) in [5, 5.41) is 12.4. The van der Waals surface area contributed by atoms with Gasteiger partial charge in [0, 0.05) is 33.4 Å². The molecule has 1 aromatic carbocycles. The molecular weight excluding hydrogens is 292 g/mol. The third-order valence-corrected chi connectivity index (χ3v) is 3.12. The molecule has 0 saturated carbocycles. The number of nitrogens with zero attached hydrogens (tertiary/aromatic N) is 3. The monoisotopic (exact) mass is 314 g/mol. The van der Waals surface area contributed by atoms with Crippen molar-refractivity contribution in [3.05, 3.63) is 53.9 Å². The van der Waals surface area contributed by atoms with Gasteiger partial charge >= 0.3 is 0 Å². The molecule has 0 atom stereocenters. The number of aliphatic imine (C=N–C) groups is 1. The van der Waals surface area contributed by atoms with Crippen molar-refractivity contribution in [3.8, 4) is 0 Å². The van der Waals surface area contributed by atoms with Crippen LogP contribution in [0, 0.1) is 0 Å². The lowest BCUT2D eigenvalue weighted by atomic mass is 10.2. The Morgan fingerprint density at radius 1 is 1.17 bits per heavy atom. The Kier molecular flexibility index (Phi) is 6.17. The van der Waals surface area contributed by atoms with Crippen LogP contribution in [0.4, 0.5) is 0 Å². The van der Waals surface area contributed by atoms with Crippen molar-refractivity contribution < 1.29 is 4.79 Å². The van der Waals surface area contributed by atoms with Gasteiger partial charge in [-0.1, -0.05) is 30.3 Å². The number of rotatable bonds is 6. The zero-order valence-electron chi connectivity index (χ0n) is 13.4. The fourth-order valence-corrected chi connectivity index (χ4v) is 1.93. The lowest BCUT2D eigenvalue weighted by Crippen LogP contribution is -2.41. The van der Waals surface area contributed by atoms with Gasteiger partial charge in [0.05, 0.1) is 6.54 Å². The van der Waals surface area contributed by atoms with Crippen LogP contribution in [0.3, 0.4) is 0 Å². The topological polar surface area (TPSA) is 85.4 Å². The summed E-state index contributed by atoms with van der Waals surface area (Å²) in [4.78, 5) is 18.2. The summed E-state index contributed by atoms with van der Waals surface area (Å²) in [5.41, 5.74) is 1.61. The maximum atomic E-state index is 11.7. The molecule has 0 bridgehead atoms. The summed E-state index contributed by atoms with van der Waals surface area (Å²) in [6.45, 7) is 1.70. The predicted octanol–water partition coefficient (Wildman–Crippen LogP) is 0.847. The summed E-state index contributed by atoms with van der Waals surface area (Å²) in [5.74, 6) is 0.613. The fraction of sp³-hybridized carbons (Fsp3) is 0.312. The SMILES string of the molecule is CN(C)C(=NCc1ccccc1)NCCNC(=O)c1ccn[nH]1. The van der Waals surface area contributed by atoms with E-state index in [1.165, 1.54) is 0 Å². The summed E-state index contributed by atoms with van der Waals surface area (Å²) in [6.07, 6.45) is 1.55. The third-order valence-electron chi connectivity index (χ3n) is 3.12. The molecule has 23 heavy (non-hydrogen) atoms. The zero-order chi connectivity index (χ0) is 16.5. The van der Waals surface area contributed by atoms with Gasteiger partial charge in [0.1, 0.15) is 5.69 Å². The molecule has 2 aromatic rings. The molecule has 1 heterocycles. The van der Waals surface area contributed by atoms with Crippen LogP contribution in [0.5, 0.6) is 0 Å². The van der Waals surface area contributed by atoms with Crippen LogP contribution >= 0.6 is 0 Å². The minimum Gasteiger partial charge on any atom is -0.354 e. The first-order valence-electron chi connectivity index (χ1n) is 7.44. The molecule has 0 aliphatic carbocycles. The lowest BCUT2D eigenvalue weighted by Gasteiger charge is -2.17. The Morgan fingerprint density at radius 2 is 1.91 bits per heavy atom. The first kappa shape index (κ1) is 16.5. The molecule has 3 N–H and O–H groups in total. The van der Waals surface area contributed by atoms with Crippen molar-refractivity contribution in [2.45, 2.75) is 6.54 Å². The van der Waals surface area contributed by atoms with E-state index < -0.39 is 0 Å². The minimum atomic E-state index is -0.170. The van der Waals surface area contributed by atoms with Gasteiger partial charge in [-0.2, -0.15) is 5.10 Å². The number of carbonyl (C=O) groups excluding carboxylic acids is 1. The molecule has 0 spiro atoms. The van der Waals surface area contributed by atoms with Crippen molar-refractivity contribution >= 4 is 11.9 Å². The molecule has 2 rings (SSSR count). The highest BCUT2D eigenvalue weighted by molar-refractivity contribution is 5.92. The molecular formula is C16H22N6O. The molecule has 1 aromatic heterocycles. The van der Waals surface area contributed by atoms with Crippen LogP contribution in [0.25, 0.3) is 0 Å². The van der Waals surface area contributed by atoms with E-state index in [-0.39, 0.29) is 5.91 Å². The molecule has 122 valence electrons. The maximum absolute atomic E-state index is 11.7. The highest BCUT2D eigenvalue weighted by Crippen LogP contribution is 2.00. The van der Waals surface area contributed by atoms with E-state index in [1.54, 1.807) is 12.3 Å². The number of hydrogen-bond acceptors (Lipinski definition) is 3. The van der Waals surface area contributed by atoms with Crippen LogP contribution in [0.2, 0.25) is 0 Å². The second kappa shape index (κ2) is 8.57. The molecule has 0 aliphatic heterocycles. The summed E-state index contributed by atoms with van der Waals surface area (Å²) in [7, 11) is 3.86. The van der Waals surface area contributed by atoms with Gasteiger partial charge in [0.2, 0.25) is 0 Å². The molecule has 0 fully saturated rings. The van der Waals surface area contributed by atoms with Crippen LogP contribution in [0.1, 0.15) is 16.1 Å². The van der Waals surface area contributed by atoms with Crippen LogP contribution < -0.4 is 10.6 Å². The second-order valence-corrected chi connectivity index (χ2v) is 5.17. The molecule has 7 nitrogen and oxygen atoms in total. The van der Waals surface area contributed by atoms with E-state index in [2.05, 4.69) is 25.8 Å². The smallest absolute Gasteiger partial charge is 0.269 e. The Balaban J connectivity index is 1.77. The first-order valence-corrected chi connectivity index (χ1v) is 7.44. The zero-order valence-corrected chi connectivity index (χ0v) is 13.4. The first-order chi connectivity index (χ1) is 11.2. The molecule has 0 unspecified atom stereocenters. The van der Waals surface area contributed by atoms with E-state index in [9.17, 15) is 4.79 Å². The highest BCUT2D eigenvalue weighted by atomic mass is 16.1. The molecule has 1 amide bonds. The maximum Gasteiger partial charge on any atom is 0.269 e. The third kappa shape index (κ3) is 5.46. The standard InChI is InChI=1S/C16H22N6O/c1-22(2)16(19-12-13-6-4-3-5-7-13)18-11-10-17-15(23)14-8-9-20-21-14/h3-9H,10-12H2,1-2H3,(H,17,23)(H,18,19)(H,20,21). The number of aromatic amines is 1. The second-order valence-electron chi connectivity index (χ2n) is 5.17. The lowest BCUT2D eigenvalue weighted by molar-refractivity contribution is 0.0949. The largest absolute Gasteiger partial charge is 0.354 e. The number of nitrogens with one attached hydrogen (secondary N) is 3. The van der Waals surface area contributed by atoms with E-state index in [0.29, 0.717) is 25.3 Å². The number of benzene rings is 1. The van der Waals surface area contributed by atoms with Crippen molar-refractivity contribution in [2.75, 3.05) is 27.2 Å². The van der Waals surface area contributed by atoms with Gasteiger partial charge in [-0.25, -0.2) is 4.99 Å². The fourth-order valence-electron chi connectivity index (χ4n) is 1.93. The number of amides is 1. The average Bonchev–Trinajstić information content (AvgIpc) is 3.09. The Labute approximate surface area is 135 Å². The van der Waals surface area contributed by atoms with Crippen LogP contribution in [0.15, 0.2) is 47.6 Å². The van der Waals surface area contributed by atoms with Gasteiger partial charge in [-0.05, 0) is 11.6 Å². The van der Waals surface area contributed by atoms with Gasteiger partial charge in [0.15, 0.2) is 5.96 Å². The molecule has 0 radical (unpaired) electrons. The Morgan fingerprint density at radius 3 is 2.57 bits per heavy atom. The minimum absolute atomic E-state index is 0.170. The van der Waals surface area contributed by atoms with E-state index in [4.69, 9.17) is 0 Å². The van der Waals surface area contributed by atoms with Gasteiger partial charge in [-0.15, -0.1) is 0 Å². The number of aromatic nitrogens is 2. The molecule has 0 aliphatic rings. The highest BCUT2D eigenvalue weighted by Gasteiger charge is 2.06. The van der Waals surface area contributed by atoms with Crippen molar-refractivity contribution in [2.24, 2.45) is 4.99 Å². The predicted molar refractivity (Wildman–Crippen MR) is 90.2 cm³/mol. The summed E-state index contributed by atoms with van der Waals surface area (Å²) in [6, 6.07) is 11.7. The van der Waals surface area contributed by atoms with E-state index >= 15 is 0 Å². The normalized spacial score (nSPS) is 11.1. The number of carbonyl (C=O) groups is 1. The van der Waals surface area contributed by atoms with Gasteiger partial charge in [-0.3, -0.25) is 9.89 Å². The van der Waals surface area contributed by atoms with Crippen LogP contribution in [-0.2, 0) is 6.54 Å². The number of H-pyrrole nitrogens is 1. The quantitative estimate of drug-likeness (QED) is 0.419. The summed E-state index contributed by atoms with van der Waals surface area (Å²) < 4.78 is 0. The Bertz CT molecular complexity index is 621. The number of hydrogen-bond donors (Lipinski definition) is 3. The van der Waals surface area contributed by atoms with E-state index in [0.717, 1.165) is 11.5 Å². The molecule has 0 saturated heterocycles. The molecule has 7 heteroatoms. The number of guanidine groups is 1. The average molecular weight is 314 g/mol. The van der Waals surface area contributed by atoms with E-state index in [1.807, 2.05) is 49.3 Å².